The lowest BCUT2D eigenvalue weighted by atomic mass is 10.1. The van der Waals surface area contributed by atoms with Crippen LogP contribution in [0.1, 0.15) is 11.1 Å². The summed E-state index contributed by atoms with van der Waals surface area (Å²) < 4.78 is 4.43. The predicted molar refractivity (Wildman–Crippen MR) is 78.3 cm³/mol. The van der Waals surface area contributed by atoms with Crippen molar-refractivity contribution < 1.29 is 14.3 Å². The number of carbonyl (C=O) groups is 2. The van der Waals surface area contributed by atoms with Gasteiger partial charge in [0.05, 0.1) is 7.11 Å². The molecule has 0 heterocycles. The van der Waals surface area contributed by atoms with Crippen molar-refractivity contribution in [2.75, 3.05) is 19.0 Å². The Morgan fingerprint density at radius 2 is 2.10 bits per heavy atom. The zero-order valence-electron chi connectivity index (χ0n) is 12.2. The molecule has 0 aliphatic carbocycles. The van der Waals surface area contributed by atoms with Gasteiger partial charge in [-0.3, -0.25) is 9.59 Å². The Balaban J connectivity index is 2.73. The van der Waals surface area contributed by atoms with E-state index in [1.807, 2.05) is 26.0 Å². The Morgan fingerprint density at radius 1 is 1.38 bits per heavy atom. The molecule has 1 aromatic rings. The van der Waals surface area contributed by atoms with Gasteiger partial charge in [0.1, 0.15) is 18.2 Å². The first-order valence-electron chi connectivity index (χ1n) is 6.27. The summed E-state index contributed by atoms with van der Waals surface area (Å²) in [6.07, 6.45) is 1.19. The van der Waals surface area contributed by atoms with Gasteiger partial charge in [-0.25, -0.2) is 0 Å². The van der Waals surface area contributed by atoms with Crippen LogP contribution in [0.25, 0.3) is 0 Å². The lowest BCUT2D eigenvalue weighted by Gasteiger charge is -2.08. The molecule has 21 heavy (non-hydrogen) atoms. The number of benzene rings is 1. The maximum absolute atomic E-state index is 12.0. The lowest BCUT2D eigenvalue weighted by molar-refractivity contribution is -0.139. The van der Waals surface area contributed by atoms with Crippen molar-refractivity contribution in [1.29, 1.82) is 5.26 Å². The maximum Gasteiger partial charge on any atom is 0.325 e. The van der Waals surface area contributed by atoms with Crippen LogP contribution >= 0.6 is 0 Å². The van der Waals surface area contributed by atoms with Crippen LogP contribution in [0.15, 0.2) is 30.0 Å². The molecule has 6 nitrogen and oxygen atoms in total. The van der Waals surface area contributed by atoms with E-state index in [1.165, 1.54) is 13.3 Å². The number of rotatable bonds is 5. The van der Waals surface area contributed by atoms with Crippen molar-refractivity contribution in [2.24, 2.45) is 0 Å². The van der Waals surface area contributed by atoms with Gasteiger partial charge in [0, 0.05) is 11.9 Å². The molecule has 0 atom stereocenters. The average molecular weight is 287 g/mol. The fraction of sp³-hybridized carbons (Fsp3) is 0.267. The SMILES string of the molecule is COC(=O)CN/C=C(/C#N)C(=O)Nc1ccc(C)cc1C. The molecule has 6 heteroatoms. The molecule has 0 aliphatic heterocycles. The molecule has 0 bridgehead atoms. The number of nitriles is 1. The van der Waals surface area contributed by atoms with Crippen molar-refractivity contribution in [3.8, 4) is 6.07 Å². The van der Waals surface area contributed by atoms with Crippen molar-refractivity contribution in [3.63, 3.8) is 0 Å². The van der Waals surface area contributed by atoms with Crippen LogP contribution in [0.2, 0.25) is 0 Å². The fourth-order valence-corrected chi connectivity index (χ4v) is 1.60. The van der Waals surface area contributed by atoms with Crippen molar-refractivity contribution in [1.82, 2.24) is 5.32 Å². The first-order valence-corrected chi connectivity index (χ1v) is 6.27. The molecular weight excluding hydrogens is 270 g/mol. The quantitative estimate of drug-likeness (QED) is 0.485. The minimum absolute atomic E-state index is 0.113. The predicted octanol–water partition coefficient (Wildman–Crippen LogP) is 1.41. The first kappa shape index (κ1) is 16.2. The second-order valence-electron chi connectivity index (χ2n) is 4.40. The zero-order chi connectivity index (χ0) is 15.8. The van der Waals surface area contributed by atoms with E-state index < -0.39 is 11.9 Å². The van der Waals surface area contributed by atoms with Gasteiger partial charge in [0.15, 0.2) is 0 Å². The van der Waals surface area contributed by atoms with E-state index in [0.29, 0.717) is 5.69 Å². The standard InChI is InChI=1S/C15H17N3O3/c1-10-4-5-13(11(2)6-10)18-15(20)12(7-16)8-17-9-14(19)21-3/h4-6,8,17H,9H2,1-3H3,(H,18,20)/b12-8-. The summed E-state index contributed by atoms with van der Waals surface area (Å²) in [4.78, 5) is 22.9. The summed E-state index contributed by atoms with van der Waals surface area (Å²) >= 11 is 0. The molecule has 1 amide bonds. The highest BCUT2D eigenvalue weighted by Gasteiger charge is 2.10. The highest BCUT2D eigenvalue weighted by molar-refractivity contribution is 6.06. The number of nitrogens with one attached hydrogen (secondary N) is 2. The molecule has 0 radical (unpaired) electrons. The van der Waals surface area contributed by atoms with E-state index in [-0.39, 0.29) is 12.1 Å². The number of methoxy groups -OCH3 is 1. The van der Waals surface area contributed by atoms with E-state index in [9.17, 15) is 9.59 Å². The Morgan fingerprint density at radius 3 is 2.67 bits per heavy atom. The fourth-order valence-electron chi connectivity index (χ4n) is 1.60. The molecule has 0 fully saturated rings. The van der Waals surface area contributed by atoms with Crippen LogP contribution in [0, 0.1) is 25.2 Å². The number of ether oxygens (including phenoxy) is 1. The number of carbonyl (C=O) groups excluding carboxylic acids is 2. The number of anilines is 1. The molecule has 2 N–H and O–H groups in total. The summed E-state index contributed by atoms with van der Waals surface area (Å²) in [5.41, 5.74) is 2.50. The van der Waals surface area contributed by atoms with E-state index >= 15 is 0 Å². The Labute approximate surface area is 123 Å². The molecule has 1 rings (SSSR count). The zero-order valence-corrected chi connectivity index (χ0v) is 12.2. The molecule has 0 unspecified atom stereocenters. The van der Waals surface area contributed by atoms with Crippen molar-refractivity contribution in [2.45, 2.75) is 13.8 Å². The number of aryl methyl sites for hydroxylation is 2. The highest BCUT2D eigenvalue weighted by Crippen LogP contribution is 2.16. The average Bonchev–Trinajstić information content (AvgIpc) is 2.46. The van der Waals surface area contributed by atoms with E-state index in [4.69, 9.17) is 5.26 Å². The molecule has 0 spiro atoms. The monoisotopic (exact) mass is 287 g/mol. The largest absolute Gasteiger partial charge is 0.468 e. The van der Waals surface area contributed by atoms with Crippen molar-refractivity contribution >= 4 is 17.6 Å². The topological polar surface area (TPSA) is 91.2 Å². The maximum atomic E-state index is 12.0. The van der Waals surface area contributed by atoms with Gasteiger partial charge in [0.25, 0.3) is 5.91 Å². The van der Waals surface area contributed by atoms with Gasteiger partial charge in [-0.15, -0.1) is 0 Å². The van der Waals surface area contributed by atoms with E-state index in [1.54, 1.807) is 12.1 Å². The highest BCUT2D eigenvalue weighted by atomic mass is 16.5. The van der Waals surface area contributed by atoms with Crippen LogP contribution in [0.5, 0.6) is 0 Å². The summed E-state index contributed by atoms with van der Waals surface area (Å²) in [6.45, 7) is 3.71. The minimum Gasteiger partial charge on any atom is -0.468 e. The molecule has 0 saturated carbocycles. The minimum atomic E-state index is -0.540. The third-order valence-electron chi connectivity index (χ3n) is 2.72. The molecule has 0 aliphatic rings. The van der Waals surface area contributed by atoms with Gasteiger partial charge in [0.2, 0.25) is 0 Å². The number of hydrogen-bond acceptors (Lipinski definition) is 5. The number of nitrogens with zero attached hydrogens (tertiary/aromatic N) is 1. The molecule has 0 aromatic heterocycles. The van der Waals surface area contributed by atoms with Gasteiger partial charge in [-0.1, -0.05) is 17.7 Å². The van der Waals surface area contributed by atoms with Crippen LogP contribution < -0.4 is 10.6 Å². The third kappa shape index (κ3) is 4.99. The van der Waals surface area contributed by atoms with Crippen LogP contribution in [-0.2, 0) is 14.3 Å². The van der Waals surface area contributed by atoms with E-state index in [2.05, 4.69) is 15.4 Å². The first-order chi connectivity index (χ1) is 9.97. The van der Waals surface area contributed by atoms with E-state index in [0.717, 1.165) is 11.1 Å². The number of amides is 1. The van der Waals surface area contributed by atoms with Gasteiger partial charge in [-0.05, 0) is 25.5 Å². The van der Waals surface area contributed by atoms with Gasteiger partial charge in [-0.2, -0.15) is 5.26 Å². The Bertz CT molecular complexity index is 615. The third-order valence-corrected chi connectivity index (χ3v) is 2.72. The smallest absolute Gasteiger partial charge is 0.325 e. The number of hydrogen-bond donors (Lipinski definition) is 2. The summed E-state index contributed by atoms with van der Waals surface area (Å²) in [5.74, 6) is -1.03. The van der Waals surface area contributed by atoms with Gasteiger partial charge >= 0.3 is 5.97 Å². The summed E-state index contributed by atoms with van der Waals surface area (Å²) in [5, 5.41) is 14.2. The molecular formula is C15H17N3O3. The van der Waals surface area contributed by atoms with Gasteiger partial charge < -0.3 is 15.4 Å². The van der Waals surface area contributed by atoms with Crippen LogP contribution in [0.3, 0.4) is 0 Å². The van der Waals surface area contributed by atoms with Crippen molar-refractivity contribution in [3.05, 3.63) is 41.1 Å². The summed E-state index contributed by atoms with van der Waals surface area (Å²) in [7, 11) is 1.26. The number of esters is 1. The normalized spacial score (nSPS) is 10.5. The second-order valence-corrected chi connectivity index (χ2v) is 4.40. The lowest BCUT2D eigenvalue weighted by Crippen LogP contribution is -2.22. The summed E-state index contributed by atoms with van der Waals surface area (Å²) in [6, 6.07) is 7.36. The van der Waals surface area contributed by atoms with Crippen LogP contribution in [0.4, 0.5) is 5.69 Å². The Kier molecular flexibility index (Phi) is 5.96. The van der Waals surface area contributed by atoms with Crippen LogP contribution in [-0.4, -0.2) is 25.5 Å². The molecule has 1 aromatic carbocycles. The molecule has 0 saturated heterocycles. The Hall–Kier alpha value is -2.81. The molecule has 110 valence electrons. The second kappa shape index (κ2) is 7.70.